The van der Waals surface area contributed by atoms with E-state index in [0.29, 0.717) is 8.95 Å². The number of sulfonamides is 1. The van der Waals surface area contributed by atoms with E-state index in [-0.39, 0.29) is 5.56 Å². The van der Waals surface area contributed by atoms with Crippen molar-refractivity contribution in [2.45, 2.75) is 35.0 Å². The molecule has 0 aromatic heterocycles. The molecule has 0 unspecified atom stereocenters. The summed E-state index contributed by atoms with van der Waals surface area (Å²) in [5, 5.41) is 0. The second-order valence-electron chi connectivity index (χ2n) is 6.17. The smallest absolute Gasteiger partial charge is 0.216 e. The molecule has 0 aliphatic rings. The quantitative estimate of drug-likeness (QED) is 0.111. The number of hydrogen-bond acceptors (Lipinski definition) is 4. The zero-order valence-corrected chi connectivity index (χ0v) is 21.6. The van der Waals surface area contributed by atoms with Crippen LogP contribution in [0.5, 0.6) is 0 Å². The third-order valence-electron chi connectivity index (χ3n) is 3.51. The monoisotopic (exact) mass is 679 g/mol. The number of halogens is 9. The SMILES string of the molecule is O=S(=O)(Cl)c1ccc(Br)cc1CC(F)(F)F.[N-]=[N+]=NS(=O)(=O)c1ccc(Br)cc1CC(F)(F)F. The van der Waals surface area contributed by atoms with Crippen LogP contribution in [0.4, 0.5) is 26.3 Å². The second-order valence-corrected chi connectivity index (χ2v) is 12.1. The molecule has 7 nitrogen and oxygen atoms in total. The Morgan fingerprint density at radius 3 is 1.56 bits per heavy atom. The lowest BCUT2D eigenvalue weighted by molar-refractivity contribution is -0.128. The van der Waals surface area contributed by atoms with E-state index < -0.39 is 59.6 Å². The van der Waals surface area contributed by atoms with Gasteiger partial charge in [0.1, 0.15) is 0 Å². The van der Waals surface area contributed by atoms with Crippen molar-refractivity contribution in [2.75, 3.05) is 0 Å². The highest BCUT2D eigenvalue weighted by atomic mass is 79.9. The summed E-state index contributed by atoms with van der Waals surface area (Å²) in [5.74, 6) is 0. The Hall–Kier alpha value is -1.52. The van der Waals surface area contributed by atoms with Crippen molar-refractivity contribution in [3.8, 4) is 0 Å². The van der Waals surface area contributed by atoms with E-state index in [1.807, 2.05) is 0 Å². The summed E-state index contributed by atoms with van der Waals surface area (Å²) in [5.41, 5.74) is 7.23. The maximum Gasteiger partial charge on any atom is 0.393 e. The van der Waals surface area contributed by atoms with Gasteiger partial charge in [-0.25, -0.2) is 16.8 Å². The molecule has 0 aliphatic heterocycles. The third-order valence-corrected chi connectivity index (χ3v) is 7.16. The molecule has 2 rings (SSSR count). The molecule has 0 amide bonds. The van der Waals surface area contributed by atoms with Crippen molar-refractivity contribution in [1.82, 2.24) is 0 Å². The maximum absolute atomic E-state index is 12.3. The molecule has 0 N–H and O–H groups in total. The third kappa shape index (κ3) is 10.4. The predicted octanol–water partition coefficient (Wildman–Crippen LogP) is 7.03. The Kier molecular flexibility index (Phi) is 10.3. The molecular weight excluding hydrogens is 672 g/mol. The molecule has 0 saturated carbocycles. The number of rotatable bonds is 5. The van der Waals surface area contributed by atoms with Gasteiger partial charge in [-0.05, 0) is 53.1 Å². The topological polar surface area (TPSA) is 117 Å². The average molecular weight is 682 g/mol. The summed E-state index contributed by atoms with van der Waals surface area (Å²) in [4.78, 5) is 0.917. The Bertz CT molecular complexity index is 1310. The zero-order chi connectivity index (χ0) is 26.5. The van der Waals surface area contributed by atoms with Gasteiger partial charge in [-0.2, -0.15) is 26.3 Å². The standard InChI is InChI=1S/C8H5BrClF3O2S.C8H5BrF3N3O2S/c9-6-1-2-7(16(10,14)15)5(3-6)4-8(11,12)13;9-6-1-2-7(18(16,17)15-14-13)5(3-6)4-8(10,11)12/h1-3H,4H2;1-3H,4H2. The fourth-order valence-electron chi connectivity index (χ4n) is 2.39. The van der Waals surface area contributed by atoms with Gasteiger partial charge in [0.05, 0.1) is 22.6 Å². The average Bonchev–Trinajstić information content (AvgIpc) is 2.58. The van der Waals surface area contributed by atoms with Gasteiger partial charge in [0.25, 0.3) is 19.1 Å². The molecule has 34 heavy (non-hydrogen) atoms. The lowest BCUT2D eigenvalue weighted by Crippen LogP contribution is -2.14. The molecule has 0 heterocycles. The molecule has 0 saturated heterocycles. The summed E-state index contributed by atoms with van der Waals surface area (Å²) in [6.45, 7) is 0. The Morgan fingerprint density at radius 2 is 1.21 bits per heavy atom. The maximum atomic E-state index is 12.3. The van der Waals surface area contributed by atoms with E-state index in [9.17, 15) is 43.2 Å². The fourth-order valence-corrected chi connectivity index (χ4v) is 5.22. The lowest BCUT2D eigenvalue weighted by Gasteiger charge is -2.10. The fraction of sp³-hybridized carbons (Fsp3) is 0.250. The number of benzene rings is 2. The van der Waals surface area contributed by atoms with Crippen LogP contribution in [0.25, 0.3) is 10.4 Å². The van der Waals surface area contributed by atoms with Crippen LogP contribution in [0.3, 0.4) is 0 Å². The minimum absolute atomic E-state index is 0.293. The first-order valence-electron chi connectivity index (χ1n) is 8.21. The van der Waals surface area contributed by atoms with Crippen molar-refractivity contribution in [2.24, 2.45) is 4.52 Å². The molecule has 0 bridgehead atoms. The predicted molar refractivity (Wildman–Crippen MR) is 117 cm³/mol. The summed E-state index contributed by atoms with van der Waals surface area (Å²) < 4.78 is 122. The molecule has 0 radical (unpaired) electrons. The Labute approximate surface area is 210 Å². The largest absolute Gasteiger partial charge is 0.393 e. The number of azide groups is 1. The van der Waals surface area contributed by atoms with Crippen LogP contribution in [-0.4, -0.2) is 29.2 Å². The molecule has 0 atom stereocenters. The van der Waals surface area contributed by atoms with Gasteiger partial charge in [-0.3, -0.25) is 0 Å². The van der Waals surface area contributed by atoms with Crippen molar-refractivity contribution in [1.29, 1.82) is 0 Å². The number of nitrogens with zero attached hydrogens (tertiary/aromatic N) is 3. The van der Waals surface area contributed by atoms with Crippen LogP contribution in [-0.2, 0) is 31.9 Å². The highest BCUT2D eigenvalue weighted by Crippen LogP contribution is 2.30. The molecule has 188 valence electrons. The van der Waals surface area contributed by atoms with Crippen molar-refractivity contribution in [3.63, 3.8) is 0 Å². The highest BCUT2D eigenvalue weighted by molar-refractivity contribution is 9.10. The van der Waals surface area contributed by atoms with E-state index in [0.717, 1.165) is 24.3 Å². The summed E-state index contributed by atoms with van der Waals surface area (Å²) >= 11 is 5.91. The van der Waals surface area contributed by atoms with E-state index in [1.165, 1.54) is 12.1 Å². The lowest BCUT2D eigenvalue weighted by atomic mass is 10.1. The molecule has 0 fully saturated rings. The van der Waals surface area contributed by atoms with Crippen LogP contribution in [0.2, 0.25) is 0 Å². The number of hydrogen-bond donors (Lipinski definition) is 0. The molecule has 18 heteroatoms. The van der Waals surface area contributed by atoms with E-state index in [1.54, 1.807) is 0 Å². The molecule has 2 aromatic rings. The molecule has 0 spiro atoms. The molecular formula is C16H10Br2ClF6N3O4S2. The van der Waals surface area contributed by atoms with Crippen LogP contribution >= 0.6 is 42.5 Å². The van der Waals surface area contributed by atoms with Crippen molar-refractivity contribution in [3.05, 3.63) is 66.9 Å². The van der Waals surface area contributed by atoms with Gasteiger partial charge in [-0.1, -0.05) is 31.9 Å². The zero-order valence-electron chi connectivity index (χ0n) is 16.1. The second kappa shape index (κ2) is 11.5. The Balaban J connectivity index is 0.000000342. The van der Waals surface area contributed by atoms with E-state index in [2.05, 4.69) is 41.3 Å². The molecule has 0 aliphatic carbocycles. The summed E-state index contributed by atoms with van der Waals surface area (Å²) in [6.07, 6.45) is -11.8. The summed E-state index contributed by atoms with van der Waals surface area (Å²) in [6, 6.07) is 6.66. The minimum atomic E-state index is -4.57. The first-order valence-corrected chi connectivity index (χ1v) is 13.5. The Morgan fingerprint density at radius 1 is 0.824 bits per heavy atom. The number of alkyl halides is 6. The van der Waals surface area contributed by atoms with E-state index in [4.69, 9.17) is 16.2 Å². The normalized spacial score (nSPS) is 12.4. The van der Waals surface area contributed by atoms with Gasteiger partial charge in [-0.15, -0.1) is 0 Å². The van der Waals surface area contributed by atoms with Crippen LogP contribution in [0.15, 0.2) is 59.7 Å². The molecule has 2 aromatic carbocycles. The van der Waals surface area contributed by atoms with Crippen LogP contribution < -0.4 is 0 Å². The van der Waals surface area contributed by atoms with Crippen molar-refractivity contribution < 1.29 is 43.2 Å². The van der Waals surface area contributed by atoms with Crippen molar-refractivity contribution >= 4 is 61.6 Å². The van der Waals surface area contributed by atoms with Gasteiger partial charge < -0.3 is 0 Å². The minimum Gasteiger partial charge on any atom is -0.216 e. The van der Waals surface area contributed by atoms with Gasteiger partial charge >= 0.3 is 12.4 Å². The van der Waals surface area contributed by atoms with Crippen LogP contribution in [0.1, 0.15) is 11.1 Å². The van der Waals surface area contributed by atoms with Gasteiger partial charge in [0.2, 0.25) is 0 Å². The first-order chi connectivity index (χ1) is 15.2. The van der Waals surface area contributed by atoms with E-state index >= 15 is 0 Å². The highest BCUT2D eigenvalue weighted by Gasteiger charge is 2.32. The first kappa shape index (κ1) is 30.5. The van der Waals surface area contributed by atoms with Gasteiger partial charge in [0, 0.05) is 29.1 Å². The van der Waals surface area contributed by atoms with Crippen LogP contribution in [0, 0.1) is 0 Å². The summed E-state index contributed by atoms with van der Waals surface area (Å²) in [7, 11) is -3.58. The van der Waals surface area contributed by atoms with Gasteiger partial charge in [0.15, 0.2) is 0 Å².